The third kappa shape index (κ3) is 3.29. The molecule has 0 unspecified atom stereocenters. The number of H-pyrrole nitrogens is 1. The lowest BCUT2D eigenvalue weighted by Gasteiger charge is -2.50. The van der Waals surface area contributed by atoms with Gasteiger partial charge >= 0.3 is 0 Å². The molecule has 0 spiro atoms. The molecule has 0 radical (unpaired) electrons. The van der Waals surface area contributed by atoms with Crippen LogP contribution in [-0.4, -0.2) is 58.4 Å². The summed E-state index contributed by atoms with van der Waals surface area (Å²) in [7, 11) is -4.13. The molecule has 1 aromatic heterocycles. The number of aliphatic hydroxyl groups is 4. The number of hydrogen-bond donors (Lipinski definition) is 5. The van der Waals surface area contributed by atoms with Crippen LogP contribution in [0, 0.1) is 0 Å². The topological polar surface area (TPSA) is 140 Å². The van der Waals surface area contributed by atoms with Gasteiger partial charge in [-0.15, -0.1) is 0 Å². The fourth-order valence-corrected chi connectivity index (χ4v) is 5.84. The first-order valence-corrected chi connectivity index (χ1v) is 11.5. The molecule has 0 aliphatic carbocycles. The smallest absolute Gasteiger partial charge is 0.222 e. The Morgan fingerprint density at radius 2 is 1.74 bits per heavy atom. The molecule has 166 valence electrons. The lowest BCUT2D eigenvalue weighted by molar-refractivity contribution is -0.368. The Hall–Kier alpha value is -2.27. The highest BCUT2D eigenvalue weighted by Crippen LogP contribution is 2.50. The van der Waals surface area contributed by atoms with E-state index in [1.807, 2.05) is 0 Å². The van der Waals surface area contributed by atoms with E-state index < -0.39 is 46.5 Å². The van der Waals surface area contributed by atoms with Gasteiger partial charge in [-0.3, -0.25) is 0 Å². The highest BCUT2D eigenvalue weighted by atomic mass is 32.2. The summed E-state index contributed by atoms with van der Waals surface area (Å²) in [6.07, 6.45) is -2.99. The van der Waals surface area contributed by atoms with Gasteiger partial charge in [0.25, 0.3) is 0 Å². The number of aromatic amines is 1. The van der Waals surface area contributed by atoms with Gasteiger partial charge in [-0.25, -0.2) is 8.42 Å². The van der Waals surface area contributed by atoms with Crippen molar-refractivity contribution in [3.8, 4) is 0 Å². The first-order chi connectivity index (χ1) is 14.7. The number of para-hydroxylation sites is 1. The molecule has 5 N–H and O–H groups in total. The molecule has 1 aliphatic heterocycles. The van der Waals surface area contributed by atoms with E-state index in [1.165, 1.54) is 12.1 Å². The van der Waals surface area contributed by atoms with E-state index in [2.05, 4.69) is 4.98 Å². The van der Waals surface area contributed by atoms with Crippen molar-refractivity contribution in [3.05, 3.63) is 60.2 Å². The van der Waals surface area contributed by atoms with Crippen molar-refractivity contribution in [3.63, 3.8) is 0 Å². The molecule has 0 saturated carbocycles. The lowest BCUT2D eigenvalue weighted by atomic mass is 9.76. The second-order valence-electron chi connectivity index (χ2n) is 7.80. The van der Waals surface area contributed by atoms with Gasteiger partial charge in [0.05, 0.1) is 17.6 Å². The van der Waals surface area contributed by atoms with Crippen LogP contribution < -0.4 is 0 Å². The number of benzene rings is 2. The second kappa shape index (κ2) is 7.70. The Kier molecular flexibility index (Phi) is 5.45. The van der Waals surface area contributed by atoms with E-state index in [9.17, 15) is 28.8 Å². The molecule has 0 bridgehead atoms. The van der Waals surface area contributed by atoms with Crippen molar-refractivity contribution in [2.45, 2.75) is 53.3 Å². The molecule has 1 aliphatic rings. The molecule has 2 heterocycles. The standard InChI is InChI=1S/C22H25NO7S/c1-2-22(27)21(26,12-17(25)18(13-24)30-22)19-15-10-6-7-11-16(15)23-20(19)31(28,29)14-8-4-3-5-9-14/h3-11,17-18,23-27H,2,12-13H2,1H3/t17-,18+,21-,22-/m0/s1. The summed E-state index contributed by atoms with van der Waals surface area (Å²) in [6, 6.07) is 14.4. The fourth-order valence-electron chi connectivity index (χ4n) is 4.30. The maximum Gasteiger partial charge on any atom is 0.222 e. The highest BCUT2D eigenvalue weighted by molar-refractivity contribution is 7.91. The molecule has 3 aromatic rings. The molecule has 9 heteroatoms. The van der Waals surface area contributed by atoms with Crippen molar-refractivity contribution in [2.75, 3.05) is 6.61 Å². The summed E-state index contributed by atoms with van der Waals surface area (Å²) < 4.78 is 32.6. The molecular formula is C22H25NO7S. The monoisotopic (exact) mass is 447 g/mol. The zero-order valence-electron chi connectivity index (χ0n) is 16.9. The van der Waals surface area contributed by atoms with Gasteiger partial charge in [-0.05, 0) is 18.2 Å². The van der Waals surface area contributed by atoms with Gasteiger partial charge in [0.1, 0.15) is 16.7 Å². The average molecular weight is 448 g/mol. The summed E-state index contributed by atoms with van der Waals surface area (Å²) >= 11 is 0. The number of aromatic nitrogens is 1. The van der Waals surface area contributed by atoms with Crippen molar-refractivity contribution in [1.29, 1.82) is 0 Å². The zero-order chi connectivity index (χ0) is 22.4. The molecule has 0 amide bonds. The minimum Gasteiger partial charge on any atom is -0.394 e. The summed E-state index contributed by atoms with van der Waals surface area (Å²) in [5.41, 5.74) is -1.91. The molecule has 1 saturated heterocycles. The molecule has 1 fully saturated rings. The van der Waals surface area contributed by atoms with Crippen LogP contribution in [0.5, 0.6) is 0 Å². The van der Waals surface area contributed by atoms with Crippen LogP contribution >= 0.6 is 0 Å². The van der Waals surface area contributed by atoms with Gasteiger partial charge in [-0.2, -0.15) is 0 Å². The van der Waals surface area contributed by atoms with E-state index in [1.54, 1.807) is 49.4 Å². The minimum absolute atomic E-state index is 0.0111. The number of aliphatic hydroxyl groups excluding tert-OH is 2. The van der Waals surface area contributed by atoms with Crippen LogP contribution in [0.2, 0.25) is 0 Å². The van der Waals surface area contributed by atoms with Crippen molar-refractivity contribution in [2.24, 2.45) is 0 Å². The molecule has 4 atom stereocenters. The van der Waals surface area contributed by atoms with E-state index in [0.29, 0.717) is 10.9 Å². The van der Waals surface area contributed by atoms with E-state index >= 15 is 0 Å². The minimum atomic E-state index is -4.13. The highest BCUT2D eigenvalue weighted by Gasteiger charge is 2.60. The Morgan fingerprint density at radius 1 is 1.10 bits per heavy atom. The predicted molar refractivity (Wildman–Crippen MR) is 112 cm³/mol. The quantitative estimate of drug-likeness (QED) is 0.399. The normalized spacial score (nSPS) is 29.3. The average Bonchev–Trinajstić information content (AvgIpc) is 3.18. The van der Waals surface area contributed by atoms with Gasteiger partial charge in [-0.1, -0.05) is 43.3 Å². The second-order valence-corrected chi connectivity index (χ2v) is 9.69. The van der Waals surface area contributed by atoms with Gasteiger partial charge in [0, 0.05) is 29.3 Å². The first kappa shape index (κ1) is 21.9. The van der Waals surface area contributed by atoms with Crippen LogP contribution in [0.25, 0.3) is 10.9 Å². The maximum atomic E-state index is 13.5. The third-order valence-electron chi connectivity index (χ3n) is 5.99. The van der Waals surface area contributed by atoms with Crippen molar-refractivity contribution >= 4 is 20.7 Å². The van der Waals surface area contributed by atoms with Gasteiger partial charge < -0.3 is 30.1 Å². The van der Waals surface area contributed by atoms with E-state index in [0.717, 1.165) is 0 Å². The van der Waals surface area contributed by atoms with Crippen LogP contribution in [0.15, 0.2) is 64.5 Å². The predicted octanol–water partition coefficient (Wildman–Crippen LogP) is 1.43. The van der Waals surface area contributed by atoms with Crippen LogP contribution in [-0.2, 0) is 20.2 Å². The number of rotatable bonds is 5. The summed E-state index contributed by atoms with van der Waals surface area (Å²) in [6.45, 7) is 1.000. The van der Waals surface area contributed by atoms with E-state index in [-0.39, 0.29) is 21.9 Å². The van der Waals surface area contributed by atoms with Crippen molar-refractivity contribution in [1.82, 2.24) is 4.98 Å². The summed E-state index contributed by atoms with van der Waals surface area (Å²) in [4.78, 5) is 2.89. The zero-order valence-corrected chi connectivity index (χ0v) is 17.7. The summed E-state index contributed by atoms with van der Waals surface area (Å²) in [5, 5.41) is 43.2. The number of nitrogens with one attached hydrogen (secondary N) is 1. The summed E-state index contributed by atoms with van der Waals surface area (Å²) in [5.74, 6) is -2.24. The number of hydrogen-bond acceptors (Lipinski definition) is 7. The number of ether oxygens (including phenoxy) is 1. The molecule has 2 aromatic carbocycles. The lowest BCUT2D eigenvalue weighted by Crippen LogP contribution is -2.63. The number of sulfone groups is 1. The van der Waals surface area contributed by atoms with Gasteiger partial charge in [0.15, 0.2) is 5.79 Å². The van der Waals surface area contributed by atoms with E-state index in [4.69, 9.17) is 4.74 Å². The first-order valence-electron chi connectivity index (χ1n) is 10.0. The van der Waals surface area contributed by atoms with Crippen LogP contribution in [0.1, 0.15) is 25.3 Å². The van der Waals surface area contributed by atoms with Crippen LogP contribution in [0.4, 0.5) is 0 Å². The number of fused-ring (bicyclic) bond motifs is 1. The van der Waals surface area contributed by atoms with Crippen molar-refractivity contribution < 1.29 is 33.6 Å². The Bertz CT molecular complexity index is 1190. The SMILES string of the molecule is CC[C@]1(O)O[C@H](CO)[C@@H](O)C[C@]1(O)c1c(S(=O)(=O)c2ccccc2)[nH]c2ccccc12. The Balaban J connectivity index is 2.02. The van der Waals surface area contributed by atoms with Gasteiger partial charge in [0.2, 0.25) is 9.84 Å². The molecule has 8 nitrogen and oxygen atoms in total. The van der Waals surface area contributed by atoms with Crippen LogP contribution in [0.3, 0.4) is 0 Å². The third-order valence-corrected chi connectivity index (χ3v) is 7.73. The Labute approximate surface area is 179 Å². The fraction of sp³-hybridized carbons (Fsp3) is 0.364. The Morgan fingerprint density at radius 3 is 2.39 bits per heavy atom. The molecule has 31 heavy (non-hydrogen) atoms. The maximum absolute atomic E-state index is 13.5. The molecular weight excluding hydrogens is 422 g/mol. The molecule has 4 rings (SSSR count). The largest absolute Gasteiger partial charge is 0.394 e.